The molecule has 0 fully saturated rings. The van der Waals surface area contributed by atoms with E-state index in [0.717, 1.165) is 17.5 Å². The normalized spacial score (nSPS) is 11.2. The first kappa shape index (κ1) is 25.8. The summed E-state index contributed by atoms with van der Waals surface area (Å²) < 4.78 is 6.33. The number of nitrogens with one attached hydrogen (secondary N) is 1. The van der Waals surface area contributed by atoms with Crippen LogP contribution in [0.15, 0.2) is 101 Å². The summed E-state index contributed by atoms with van der Waals surface area (Å²) in [4.78, 5) is 43.2. The van der Waals surface area contributed by atoms with Crippen LogP contribution in [0.25, 0.3) is 0 Å². The van der Waals surface area contributed by atoms with Gasteiger partial charge in [0, 0.05) is 24.8 Å². The van der Waals surface area contributed by atoms with Crippen molar-refractivity contribution in [1.29, 1.82) is 0 Å². The lowest BCUT2D eigenvalue weighted by Gasteiger charge is -2.09. The summed E-state index contributed by atoms with van der Waals surface area (Å²) in [6.07, 6.45) is 1.40. The number of ether oxygens (including phenoxy) is 1. The number of rotatable bonds is 9. The van der Waals surface area contributed by atoms with E-state index in [2.05, 4.69) is 5.32 Å². The zero-order valence-electron chi connectivity index (χ0n) is 20.4. The Kier molecular flexibility index (Phi) is 8.78. The Morgan fingerprint density at radius 3 is 2.14 bits per heavy atom. The van der Waals surface area contributed by atoms with E-state index in [1.807, 2.05) is 60.7 Å². The van der Waals surface area contributed by atoms with Gasteiger partial charge in [-0.15, -0.1) is 0 Å². The van der Waals surface area contributed by atoms with Crippen molar-refractivity contribution in [2.45, 2.75) is 19.4 Å². The lowest BCUT2D eigenvalue weighted by atomic mass is 10.1. The van der Waals surface area contributed by atoms with E-state index in [9.17, 15) is 14.4 Å². The molecule has 0 atom stereocenters. The molecule has 188 valence electrons. The zero-order valence-corrected chi connectivity index (χ0v) is 21.2. The monoisotopic (exact) mass is 513 g/mol. The van der Waals surface area contributed by atoms with Gasteiger partial charge in [0.05, 0.1) is 12.7 Å². The van der Waals surface area contributed by atoms with Crippen molar-refractivity contribution in [3.05, 3.63) is 128 Å². The lowest BCUT2D eigenvalue weighted by molar-refractivity contribution is 0.0600. The highest BCUT2D eigenvalue weighted by atomic mass is 32.1. The first-order valence-electron chi connectivity index (χ1n) is 11.9. The number of esters is 1. The van der Waals surface area contributed by atoms with Gasteiger partial charge in [0.1, 0.15) is 4.88 Å². The molecule has 0 radical (unpaired) electrons. The van der Waals surface area contributed by atoms with E-state index in [-0.39, 0.29) is 10.4 Å². The van der Waals surface area contributed by atoms with Crippen molar-refractivity contribution < 1.29 is 14.3 Å². The highest BCUT2D eigenvalue weighted by Gasteiger charge is 2.13. The fourth-order valence-electron chi connectivity index (χ4n) is 3.71. The lowest BCUT2D eigenvalue weighted by Crippen LogP contribution is -2.34. The van der Waals surface area contributed by atoms with Gasteiger partial charge in [0.25, 0.3) is 11.5 Å². The van der Waals surface area contributed by atoms with E-state index in [1.54, 1.807) is 28.8 Å². The molecule has 1 amide bonds. The Morgan fingerprint density at radius 2 is 1.51 bits per heavy atom. The van der Waals surface area contributed by atoms with Crippen molar-refractivity contribution in [3.63, 3.8) is 0 Å². The second-order valence-corrected chi connectivity index (χ2v) is 9.27. The Hall–Kier alpha value is -4.30. The molecule has 1 N–H and O–H groups in total. The molecule has 0 aliphatic heterocycles. The van der Waals surface area contributed by atoms with Crippen LogP contribution in [-0.2, 0) is 24.1 Å². The summed E-state index contributed by atoms with van der Waals surface area (Å²) >= 11 is 1.18. The molecule has 3 aromatic carbocycles. The molecule has 0 saturated carbocycles. The van der Waals surface area contributed by atoms with Gasteiger partial charge in [-0.25, -0.2) is 4.79 Å². The predicted octanol–water partition coefficient (Wildman–Crippen LogP) is 4.33. The van der Waals surface area contributed by atoms with Crippen LogP contribution in [-0.4, -0.2) is 30.1 Å². The minimum absolute atomic E-state index is 0.261. The molecule has 0 saturated heterocycles. The van der Waals surface area contributed by atoms with Crippen LogP contribution < -0.4 is 15.7 Å². The first-order valence-corrected chi connectivity index (χ1v) is 12.7. The van der Waals surface area contributed by atoms with Crippen LogP contribution in [0.2, 0.25) is 0 Å². The maximum atomic E-state index is 13.1. The Bertz CT molecular complexity index is 1480. The number of hydrogen-bond acceptors (Lipinski definition) is 6. The maximum absolute atomic E-state index is 13.1. The number of benzene rings is 3. The van der Waals surface area contributed by atoms with Crippen molar-refractivity contribution in [2.24, 2.45) is 4.99 Å². The third-order valence-corrected chi connectivity index (χ3v) is 6.75. The average molecular weight is 514 g/mol. The van der Waals surface area contributed by atoms with Gasteiger partial charge in [-0.3, -0.25) is 19.1 Å². The fourth-order valence-corrected chi connectivity index (χ4v) is 4.66. The standard InChI is InChI=1S/C29H27N3O4S/c1-36-28(35)23-12-14-24(15-13-23)31-27(34)25-20-26(33)32(19-17-22-10-6-3-7-11-22)29(37-25)30-18-16-21-8-4-2-5-9-21/h2-15,20H,16-19H2,1H3,(H,31,34). The quantitative estimate of drug-likeness (QED) is 0.337. The second kappa shape index (κ2) is 12.6. The largest absolute Gasteiger partial charge is 0.465 e. The number of aryl methyl sites for hydroxylation is 1. The summed E-state index contributed by atoms with van der Waals surface area (Å²) in [6.45, 7) is 0.950. The fraction of sp³-hybridized carbons (Fsp3) is 0.172. The minimum Gasteiger partial charge on any atom is -0.465 e. The summed E-state index contributed by atoms with van der Waals surface area (Å²) in [5, 5.41) is 2.79. The number of methoxy groups -OCH3 is 1. The predicted molar refractivity (Wildman–Crippen MR) is 145 cm³/mol. The Labute approximate surface area is 218 Å². The highest BCUT2D eigenvalue weighted by molar-refractivity contribution is 7.11. The Morgan fingerprint density at radius 1 is 0.892 bits per heavy atom. The molecule has 4 rings (SSSR count). The number of carbonyl (C=O) groups is 2. The molecule has 0 spiro atoms. The summed E-state index contributed by atoms with van der Waals surface area (Å²) in [5.74, 6) is -0.872. The molecule has 1 aromatic heterocycles. The number of anilines is 1. The molecule has 0 bridgehead atoms. The number of amides is 1. The number of aromatic nitrogens is 1. The van der Waals surface area contributed by atoms with Crippen LogP contribution >= 0.6 is 11.3 Å². The third-order valence-electron chi connectivity index (χ3n) is 5.70. The van der Waals surface area contributed by atoms with Crippen molar-refractivity contribution in [1.82, 2.24) is 4.57 Å². The van der Waals surface area contributed by atoms with Gasteiger partial charge < -0.3 is 10.1 Å². The maximum Gasteiger partial charge on any atom is 0.337 e. The number of carbonyl (C=O) groups excluding carboxylic acids is 2. The second-order valence-electron chi connectivity index (χ2n) is 8.26. The third kappa shape index (κ3) is 7.11. The van der Waals surface area contributed by atoms with Gasteiger partial charge >= 0.3 is 5.97 Å². The number of hydrogen-bond donors (Lipinski definition) is 1. The van der Waals surface area contributed by atoms with Crippen LogP contribution in [0.5, 0.6) is 0 Å². The van der Waals surface area contributed by atoms with E-state index in [0.29, 0.717) is 35.6 Å². The molecule has 7 nitrogen and oxygen atoms in total. The van der Waals surface area contributed by atoms with E-state index >= 15 is 0 Å². The van der Waals surface area contributed by atoms with Crippen molar-refractivity contribution >= 4 is 28.9 Å². The smallest absolute Gasteiger partial charge is 0.337 e. The minimum atomic E-state index is -0.457. The average Bonchev–Trinajstić information content (AvgIpc) is 2.93. The summed E-state index contributed by atoms with van der Waals surface area (Å²) in [5.41, 5.74) is 2.87. The summed E-state index contributed by atoms with van der Waals surface area (Å²) in [6, 6.07) is 27.7. The van der Waals surface area contributed by atoms with E-state index in [1.165, 1.54) is 24.5 Å². The Balaban J connectivity index is 1.58. The molecule has 37 heavy (non-hydrogen) atoms. The molecule has 8 heteroatoms. The highest BCUT2D eigenvalue weighted by Crippen LogP contribution is 2.13. The molecule has 0 aliphatic carbocycles. The van der Waals surface area contributed by atoms with Crippen molar-refractivity contribution in [3.8, 4) is 0 Å². The molecule has 1 heterocycles. The molecule has 0 unspecified atom stereocenters. The zero-order chi connectivity index (χ0) is 26.0. The number of nitrogens with zero attached hydrogens (tertiary/aromatic N) is 2. The van der Waals surface area contributed by atoms with Crippen LogP contribution in [0.4, 0.5) is 5.69 Å². The van der Waals surface area contributed by atoms with E-state index < -0.39 is 11.9 Å². The molecular formula is C29H27N3O4S. The molecule has 4 aromatic rings. The van der Waals surface area contributed by atoms with Gasteiger partial charge in [-0.2, -0.15) is 0 Å². The van der Waals surface area contributed by atoms with Gasteiger partial charge in [0.15, 0.2) is 4.80 Å². The van der Waals surface area contributed by atoms with E-state index in [4.69, 9.17) is 9.73 Å². The van der Waals surface area contributed by atoms with Gasteiger partial charge in [0.2, 0.25) is 0 Å². The van der Waals surface area contributed by atoms with Crippen molar-refractivity contribution in [2.75, 3.05) is 19.0 Å². The molecule has 0 aliphatic rings. The van der Waals surface area contributed by atoms with Crippen LogP contribution in [0, 0.1) is 0 Å². The SMILES string of the molecule is COC(=O)c1ccc(NC(=O)c2cc(=O)n(CCc3ccccc3)c(=NCCc3ccccc3)s2)cc1. The summed E-state index contributed by atoms with van der Waals surface area (Å²) in [7, 11) is 1.31. The topological polar surface area (TPSA) is 89.8 Å². The van der Waals surface area contributed by atoms with Crippen LogP contribution in [0.3, 0.4) is 0 Å². The van der Waals surface area contributed by atoms with Gasteiger partial charge in [-0.1, -0.05) is 72.0 Å². The van der Waals surface area contributed by atoms with Crippen LogP contribution in [0.1, 0.15) is 31.2 Å². The van der Waals surface area contributed by atoms with Gasteiger partial charge in [-0.05, 0) is 48.2 Å². The molecular weight excluding hydrogens is 486 g/mol. The first-order chi connectivity index (χ1) is 18.0.